The van der Waals surface area contributed by atoms with Crippen LogP contribution in [-0.2, 0) is 6.42 Å². The van der Waals surface area contributed by atoms with Crippen LogP contribution in [0.15, 0.2) is 30.3 Å². The summed E-state index contributed by atoms with van der Waals surface area (Å²) in [6.07, 6.45) is 0.635. The van der Waals surface area contributed by atoms with Crippen LogP contribution < -0.4 is 5.32 Å². The fourth-order valence-electron chi connectivity index (χ4n) is 2.38. The van der Waals surface area contributed by atoms with Crippen molar-refractivity contribution >= 4 is 11.6 Å². The maximum atomic E-state index is 13.5. The Bertz CT molecular complexity index is 593. The van der Waals surface area contributed by atoms with Crippen LogP contribution in [0.4, 0.5) is 4.39 Å². The highest BCUT2D eigenvalue weighted by Crippen LogP contribution is 2.26. The van der Waals surface area contributed by atoms with Crippen molar-refractivity contribution in [3.8, 4) is 0 Å². The summed E-state index contributed by atoms with van der Waals surface area (Å²) < 4.78 is 13.5. The van der Waals surface area contributed by atoms with Crippen LogP contribution in [0.3, 0.4) is 0 Å². The van der Waals surface area contributed by atoms with Gasteiger partial charge in [-0.2, -0.15) is 0 Å². The third-order valence-electron chi connectivity index (χ3n) is 3.31. The molecule has 2 nitrogen and oxygen atoms in total. The van der Waals surface area contributed by atoms with E-state index in [9.17, 15) is 4.39 Å². The number of pyridine rings is 1. The summed E-state index contributed by atoms with van der Waals surface area (Å²) in [7, 11) is 1.89. The van der Waals surface area contributed by atoms with Crippen molar-refractivity contribution in [2.75, 3.05) is 7.05 Å². The molecule has 4 heteroatoms. The van der Waals surface area contributed by atoms with Crippen molar-refractivity contribution in [3.63, 3.8) is 0 Å². The number of aromatic nitrogens is 1. The van der Waals surface area contributed by atoms with Gasteiger partial charge in [0, 0.05) is 17.4 Å². The Morgan fingerprint density at radius 1 is 1.25 bits per heavy atom. The maximum absolute atomic E-state index is 13.5. The van der Waals surface area contributed by atoms with E-state index in [-0.39, 0.29) is 16.9 Å². The van der Waals surface area contributed by atoms with Crippen LogP contribution in [0.25, 0.3) is 0 Å². The molecule has 0 radical (unpaired) electrons. The Kier molecular flexibility index (Phi) is 4.73. The van der Waals surface area contributed by atoms with E-state index < -0.39 is 0 Å². The highest BCUT2D eigenvalue weighted by Gasteiger charge is 2.14. The lowest BCUT2D eigenvalue weighted by molar-refractivity contribution is 0.583. The van der Waals surface area contributed by atoms with Gasteiger partial charge in [0.25, 0.3) is 0 Å². The number of nitrogens with zero attached hydrogens (tertiary/aromatic N) is 1. The molecule has 0 saturated heterocycles. The van der Waals surface area contributed by atoms with Gasteiger partial charge in [0.1, 0.15) is 5.82 Å². The van der Waals surface area contributed by atoms with Crippen LogP contribution in [0.1, 0.15) is 28.6 Å². The second-order valence-electron chi connectivity index (χ2n) is 4.94. The lowest BCUT2D eigenvalue weighted by Gasteiger charge is -2.18. The maximum Gasteiger partial charge on any atom is 0.142 e. The second-order valence-corrected chi connectivity index (χ2v) is 5.32. The number of likely N-dealkylation sites (N-methyl/N-ethyl adjacent to an activating group) is 1. The molecule has 106 valence electrons. The predicted molar refractivity (Wildman–Crippen MR) is 80.6 cm³/mol. The molecule has 1 atom stereocenters. The van der Waals surface area contributed by atoms with Crippen molar-refractivity contribution in [1.29, 1.82) is 0 Å². The van der Waals surface area contributed by atoms with Crippen molar-refractivity contribution in [3.05, 3.63) is 63.7 Å². The molecular weight excluding hydrogens is 275 g/mol. The highest BCUT2D eigenvalue weighted by atomic mass is 35.5. The normalized spacial score (nSPS) is 12.4. The number of aryl methyl sites for hydroxylation is 2. The van der Waals surface area contributed by atoms with Gasteiger partial charge in [0.15, 0.2) is 0 Å². The van der Waals surface area contributed by atoms with Gasteiger partial charge in [0.2, 0.25) is 0 Å². The van der Waals surface area contributed by atoms with E-state index >= 15 is 0 Å². The lowest BCUT2D eigenvalue weighted by atomic mass is 9.98. The van der Waals surface area contributed by atoms with Gasteiger partial charge in [-0.3, -0.25) is 4.98 Å². The van der Waals surface area contributed by atoms with E-state index in [0.717, 1.165) is 22.5 Å². The van der Waals surface area contributed by atoms with Gasteiger partial charge >= 0.3 is 0 Å². The second kappa shape index (κ2) is 6.33. The summed E-state index contributed by atoms with van der Waals surface area (Å²) in [6.45, 7) is 3.94. The molecule has 0 bridgehead atoms. The minimum absolute atomic E-state index is 0.0784. The average Bonchev–Trinajstić information content (AvgIpc) is 2.39. The van der Waals surface area contributed by atoms with Crippen LogP contribution in [0.2, 0.25) is 5.02 Å². The Balaban J connectivity index is 2.31. The lowest BCUT2D eigenvalue weighted by Crippen LogP contribution is -2.19. The van der Waals surface area contributed by atoms with E-state index in [1.54, 1.807) is 6.07 Å². The molecule has 0 aliphatic heterocycles. The molecule has 0 aliphatic rings. The first kappa shape index (κ1) is 14.9. The number of hydrogen-bond acceptors (Lipinski definition) is 2. The first-order valence-corrected chi connectivity index (χ1v) is 6.94. The highest BCUT2D eigenvalue weighted by molar-refractivity contribution is 6.31. The molecule has 1 aromatic heterocycles. The molecule has 1 heterocycles. The Labute approximate surface area is 124 Å². The molecular formula is C16H18ClFN2. The zero-order valence-corrected chi connectivity index (χ0v) is 12.6. The SMILES string of the molecule is CNC(Cc1cccc(F)c1Cl)c1cc(C)nc(C)c1. The molecule has 0 aliphatic carbocycles. The van der Waals surface area contributed by atoms with Crippen LogP contribution in [-0.4, -0.2) is 12.0 Å². The Morgan fingerprint density at radius 3 is 2.50 bits per heavy atom. The quantitative estimate of drug-likeness (QED) is 0.921. The topological polar surface area (TPSA) is 24.9 Å². The summed E-state index contributed by atoms with van der Waals surface area (Å²) in [5.41, 5.74) is 3.90. The third-order valence-corrected chi connectivity index (χ3v) is 3.73. The molecule has 1 N–H and O–H groups in total. The molecule has 1 unspecified atom stereocenters. The van der Waals surface area contributed by atoms with Crippen LogP contribution in [0, 0.1) is 19.7 Å². The van der Waals surface area contributed by atoms with Gasteiger partial charge in [-0.15, -0.1) is 0 Å². The smallest absolute Gasteiger partial charge is 0.142 e. The zero-order chi connectivity index (χ0) is 14.7. The molecule has 0 fully saturated rings. The summed E-state index contributed by atoms with van der Waals surface area (Å²) in [5.74, 6) is -0.374. The van der Waals surface area contributed by atoms with Crippen molar-refractivity contribution in [2.24, 2.45) is 0 Å². The molecule has 2 aromatic rings. The molecule has 0 spiro atoms. The molecule has 1 aromatic carbocycles. The number of hydrogen-bond donors (Lipinski definition) is 1. The monoisotopic (exact) mass is 292 g/mol. The first-order valence-electron chi connectivity index (χ1n) is 6.56. The number of halogens is 2. The Hall–Kier alpha value is -1.45. The van der Waals surface area contributed by atoms with E-state index in [1.807, 2.05) is 39.1 Å². The van der Waals surface area contributed by atoms with Crippen LogP contribution >= 0.6 is 11.6 Å². The Morgan fingerprint density at radius 2 is 1.90 bits per heavy atom. The first-order chi connectivity index (χ1) is 9.51. The van der Waals surface area contributed by atoms with E-state index in [2.05, 4.69) is 10.3 Å². The number of benzene rings is 1. The van der Waals surface area contributed by atoms with E-state index in [4.69, 9.17) is 11.6 Å². The fourth-order valence-corrected chi connectivity index (χ4v) is 2.58. The standard InChI is InChI=1S/C16H18ClFN2/c1-10-7-13(8-11(2)20-10)15(19-3)9-12-5-4-6-14(18)16(12)17/h4-8,15,19H,9H2,1-3H3. The van der Waals surface area contributed by atoms with E-state index in [0.29, 0.717) is 6.42 Å². The molecule has 0 amide bonds. The van der Waals surface area contributed by atoms with E-state index in [1.165, 1.54) is 6.07 Å². The number of rotatable bonds is 4. The average molecular weight is 293 g/mol. The molecule has 20 heavy (non-hydrogen) atoms. The van der Waals surface area contributed by atoms with Crippen molar-refractivity contribution < 1.29 is 4.39 Å². The fraction of sp³-hybridized carbons (Fsp3) is 0.312. The summed E-state index contributed by atoms with van der Waals surface area (Å²) >= 11 is 6.03. The predicted octanol–water partition coefficient (Wildman–Crippen LogP) is 3.99. The van der Waals surface area contributed by atoms with Gasteiger partial charge in [-0.1, -0.05) is 23.7 Å². The largest absolute Gasteiger partial charge is 0.313 e. The van der Waals surface area contributed by atoms with Crippen molar-refractivity contribution in [2.45, 2.75) is 26.3 Å². The van der Waals surface area contributed by atoms with Gasteiger partial charge in [0.05, 0.1) is 5.02 Å². The molecule has 0 saturated carbocycles. The van der Waals surface area contributed by atoms with Crippen molar-refractivity contribution in [1.82, 2.24) is 10.3 Å². The number of nitrogens with one attached hydrogen (secondary N) is 1. The minimum atomic E-state index is -0.374. The minimum Gasteiger partial charge on any atom is -0.313 e. The van der Waals surface area contributed by atoms with Gasteiger partial charge < -0.3 is 5.32 Å². The van der Waals surface area contributed by atoms with Gasteiger partial charge in [-0.05, 0) is 56.6 Å². The third kappa shape index (κ3) is 3.35. The molecule has 2 rings (SSSR count). The summed E-state index contributed by atoms with van der Waals surface area (Å²) in [4.78, 5) is 4.38. The summed E-state index contributed by atoms with van der Waals surface area (Å²) in [5, 5.41) is 3.46. The van der Waals surface area contributed by atoms with Crippen LogP contribution in [0.5, 0.6) is 0 Å². The zero-order valence-electron chi connectivity index (χ0n) is 11.9. The van der Waals surface area contributed by atoms with Gasteiger partial charge in [-0.25, -0.2) is 4.39 Å². The summed E-state index contributed by atoms with van der Waals surface area (Å²) in [6, 6.07) is 9.09.